The van der Waals surface area contributed by atoms with Crippen LogP contribution in [0.5, 0.6) is 0 Å². The number of aromatic nitrogens is 4. The van der Waals surface area contributed by atoms with E-state index >= 15 is 0 Å². The van der Waals surface area contributed by atoms with Crippen LogP contribution in [0, 0.1) is 0 Å². The molecule has 3 rings (SSSR count). The maximum atomic E-state index is 11.9. The molecule has 0 aliphatic rings. The first kappa shape index (κ1) is 8.43. The van der Waals surface area contributed by atoms with Gasteiger partial charge in [-0.15, -0.1) is 5.10 Å². The highest BCUT2D eigenvalue weighted by Crippen LogP contribution is 2.16. The Bertz CT molecular complexity index is 715. The van der Waals surface area contributed by atoms with Gasteiger partial charge >= 0.3 is 0 Å². The number of H-pyrrole nitrogens is 2. The van der Waals surface area contributed by atoms with Gasteiger partial charge in [0.2, 0.25) is 5.43 Å². The van der Waals surface area contributed by atoms with Crippen LogP contribution in [-0.4, -0.2) is 20.4 Å². The van der Waals surface area contributed by atoms with Gasteiger partial charge in [0, 0.05) is 10.4 Å². The molecule has 6 heteroatoms. The fourth-order valence-corrected chi connectivity index (χ4v) is 1.72. The smallest absolute Gasteiger partial charge is 0.219 e. The largest absolute Gasteiger partial charge is 0.336 e. The number of nitrogens with zero attached hydrogens (tertiary/aromatic N) is 2. The standard InChI is InChI=1S/C9H5ClN4O/c10-4-1-2-6-5(3-4)8(15)7-9(11-6)13-14-12-7/h1-3H,(H2,11,12,13,14,15). The molecule has 0 saturated carbocycles. The second kappa shape index (κ2) is 2.80. The summed E-state index contributed by atoms with van der Waals surface area (Å²) in [7, 11) is 0. The summed E-state index contributed by atoms with van der Waals surface area (Å²) in [5.74, 6) is 0. The average Bonchev–Trinajstić information content (AvgIpc) is 2.68. The van der Waals surface area contributed by atoms with E-state index in [0.717, 1.165) is 0 Å². The molecule has 0 fully saturated rings. The highest BCUT2D eigenvalue weighted by molar-refractivity contribution is 6.31. The molecule has 2 heterocycles. The molecule has 0 saturated heterocycles. The minimum Gasteiger partial charge on any atom is -0.336 e. The van der Waals surface area contributed by atoms with Gasteiger partial charge in [-0.1, -0.05) is 11.6 Å². The molecule has 0 aliphatic heterocycles. The molecule has 0 aliphatic carbocycles. The first-order valence-electron chi connectivity index (χ1n) is 4.28. The van der Waals surface area contributed by atoms with E-state index in [1.165, 1.54) is 0 Å². The highest BCUT2D eigenvalue weighted by atomic mass is 35.5. The molecule has 15 heavy (non-hydrogen) atoms. The fourth-order valence-electron chi connectivity index (χ4n) is 1.54. The summed E-state index contributed by atoms with van der Waals surface area (Å²) in [4.78, 5) is 14.9. The lowest BCUT2D eigenvalue weighted by Crippen LogP contribution is -2.03. The van der Waals surface area contributed by atoms with Gasteiger partial charge in [-0.25, -0.2) is 0 Å². The van der Waals surface area contributed by atoms with E-state index < -0.39 is 0 Å². The van der Waals surface area contributed by atoms with Gasteiger partial charge in [0.25, 0.3) is 0 Å². The van der Waals surface area contributed by atoms with E-state index in [2.05, 4.69) is 20.4 Å². The van der Waals surface area contributed by atoms with Gasteiger partial charge in [0.1, 0.15) is 0 Å². The zero-order valence-electron chi connectivity index (χ0n) is 7.41. The van der Waals surface area contributed by atoms with E-state index in [9.17, 15) is 4.79 Å². The lowest BCUT2D eigenvalue weighted by atomic mass is 10.2. The summed E-state index contributed by atoms with van der Waals surface area (Å²) in [6, 6.07) is 5.07. The number of pyridine rings is 1. The lowest BCUT2D eigenvalue weighted by molar-refractivity contribution is 0.954. The zero-order valence-corrected chi connectivity index (χ0v) is 8.17. The average molecular weight is 221 g/mol. The number of aromatic amines is 2. The number of benzene rings is 1. The number of rotatable bonds is 0. The van der Waals surface area contributed by atoms with Crippen LogP contribution < -0.4 is 5.43 Å². The van der Waals surface area contributed by atoms with Gasteiger partial charge in [-0.05, 0) is 18.2 Å². The first-order chi connectivity index (χ1) is 7.25. The predicted molar refractivity (Wildman–Crippen MR) is 57.0 cm³/mol. The topological polar surface area (TPSA) is 74.4 Å². The van der Waals surface area contributed by atoms with Crippen molar-refractivity contribution in [1.82, 2.24) is 20.4 Å². The van der Waals surface area contributed by atoms with Crippen LogP contribution in [0.15, 0.2) is 23.0 Å². The lowest BCUT2D eigenvalue weighted by Gasteiger charge is -1.97. The van der Waals surface area contributed by atoms with Crippen LogP contribution in [0.25, 0.3) is 22.1 Å². The monoisotopic (exact) mass is 220 g/mol. The summed E-state index contributed by atoms with van der Waals surface area (Å²) < 4.78 is 0. The van der Waals surface area contributed by atoms with Gasteiger partial charge < -0.3 is 4.98 Å². The number of hydrogen-bond acceptors (Lipinski definition) is 3. The normalized spacial score (nSPS) is 11.3. The van der Waals surface area contributed by atoms with Crippen LogP contribution in [0.2, 0.25) is 5.02 Å². The molecular weight excluding hydrogens is 216 g/mol. The summed E-state index contributed by atoms with van der Waals surface area (Å²) in [6.07, 6.45) is 0. The van der Waals surface area contributed by atoms with Gasteiger partial charge in [-0.2, -0.15) is 10.3 Å². The second-order valence-corrected chi connectivity index (χ2v) is 3.60. The Morgan fingerprint density at radius 1 is 1.27 bits per heavy atom. The number of nitrogens with one attached hydrogen (secondary N) is 2. The molecule has 5 nitrogen and oxygen atoms in total. The van der Waals surface area contributed by atoms with Crippen LogP contribution in [0.1, 0.15) is 0 Å². The molecule has 74 valence electrons. The van der Waals surface area contributed by atoms with Crippen molar-refractivity contribution >= 4 is 33.7 Å². The molecule has 0 radical (unpaired) electrons. The number of halogens is 1. The molecule has 0 bridgehead atoms. The van der Waals surface area contributed by atoms with E-state index in [1.807, 2.05) is 0 Å². The third kappa shape index (κ3) is 1.13. The maximum Gasteiger partial charge on any atom is 0.219 e. The van der Waals surface area contributed by atoms with Crippen molar-refractivity contribution in [3.05, 3.63) is 33.4 Å². The van der Waals surface area contributed by atoms with E-state index in [0.29, 0.717) is 27.1 Å². The van der Waals surface area contributed by atoms with Crippen molar-refractivity contribution < 1.29 is 0 Å². The Hall–Kier alpha value is -1.88. The molecular formula is C9H5ClN4O. The summed E-state index contributed by atoms with van der Waals surface area (Å²) in [6.45, 7) is 0. The number of fused-ring (bicyclic) bond motifs is 2. The van der Waals surface area contributed by atoms with Crippen LogP contribution in [0.3, 0.4) is 0 Å². The number of hydrogen-bond donors (Lipinski definition) is 2. The van der Waals surface area contributed by atoms with Crippen LogP contribution in [-0.2, 0) is 0 Å². The Morgan fingerprint density at radius 2 is 2.13 bits per heavy atom. The highest BCUT2D eigenvalue weighted by Gasteiger charge is 2.08. The molecule has 0 atom stereocenters. The molecule has 0 unspecified atom stereocenters. The van der Waals surface area contributed by atoms with Crippen LogP contribution >= 0.6 is 11.6 Å². The zero-order chi connectivity index (χ0) is 10.4. The summed E-state index contributed by atoms with van der Waals surface area (Å²) >= 11 is 5.82. The third-order valence-electron chi connectivity index (χ3n) is 2.24. The second-order valence-electron chi connectivity index (χ2n) is 3.16. The van der Waals surface area contributed by atoms with Crippen molar-refractivity contribution in [2.75, 3.05) is 0 Å². The fraction of sp³-hybridized carbons (Fsp3) is 0. The van der Waals surface area contributed by atoms with Crippen LogP contribution in [0.4, 0.5) is 0 Å². The predicted octanol–water partition coefficient (Wildman–Crippen LogP) is 1.45. The quantitative estimate of drug-likeness (QED) is 0.602. The van der Waals surface area contributed by atoms with E-state index in [-0.39, 0.29) is 5.43 Å². The van der Waals surface area contributed by atoms with Gasteiger partial charge in [0.05, 0.1) is 5.52 Å². The Morgan fingerprint density at radius 3 is 3.00 bits per heavy atom. The van der Waals surface area contributed by atoms with Crippen molar-refractivity contribution in [2.45, 2.75) is 0 Å². The Kier molecular flexibility index (Phi) is 1.58. The minimum atomic E-state index is -0.171. The molecule has 3 aromatic rings. The van der Waals surface area contributed by atoms with Gasteiger partial charge in [0.15, 0.2) is 11.2 Å². The third-order valence-corrected chi connectivity index (χ3v) is 2.48. The summed E-state index contributed by atoms with van der Waals surface area (Å²) in [5, 5.41) is 11.0. The molecule has 2 N–H and O–H groups in total. The van der Waals surface area contributed by atoms with Crippen molar-refractivity contribution in [2.24, 2.45) is 0 Å². The first-order valence-corrected chi connectivity index (χ1v) is 4.65. The Labute approximate surface area is 88.1 Å². The van der Waals surface area contributed by atoms with Crippen molar-refractivity contribution in [3.8, 4) is 0 Å². The molecule has 0 spiro atoms. The molecule has 0 amide bonds. The summed E-state index contributed by atoms with van der Waals surface area (Å²) in [5.41, 5.74) is 1.28. The maximum absolute atomic E-state index is 11.9. The minimum absolute atomic E-state index is 0.171. The molecule has 2 aromatic heterocycles. The Balaban J connectivity index is 2.64. The van der Waals surface area contributed by atoms with Crippen molar-refractivity contribution in [3.63, 3.8) is 0 Å². The molecule has 1 aromatic carbocycles. The van der Waals surface area contributed by atoms with Gasteiger partial charge in [-0.3, -0.25) is 4.79 Å². The van der Waals surface area contributed by atoms with Crippen molar-refractivity contribution in [1.29, 1.82) is 0 Å². The SMILES string of the molecule is O=c1c2cc(Cl)ccc2[nH]c2n[nH]nc12. The van der Waals surface area contributed by atoms with E-state index in [4.69, 9.17) is 11.6 Å². The van der Waals surface area contributed by atoms with E-state index in [1.54, 1.807) is 18.2 Å².